The fourth-order valence-electron chi connectivity index (χ4n) is 4.13. The minimum absolute atomic E-state index is 0.117. The standard InChI is InChI=1S/C25H44O15/c1-3-5-6-8-16(27)35-10-13(38-17(28)7-4-2)11-36-24-23(34)21(32)19(30)15(40-24)12-37-25-22(33)20(31)18(29)14(9-26)39-25/h13-15,18-26,29-34H,3-12H2,1-2H3/t13-,14-,15-,18+,19+,20+,21+,22-,23-,24-,25+/m1/s1. The lowest BCUT2D eigenvalue weighted by Crippen LogP contribution is -2.61. The molecule has 7 N–H and O–H groups in total. The molecule has 0 unspecified atom stereocenters. The highest BCUT2D eigenvalue weighted by molar-refractivity contribution is 5.70. The molecular weight excluding hydrogens is 540 g/mol. The number of rotatable bonds is 16. The zero-order chi connectivity index (χ0) is 29.8. The summed E-state index contributed by atoms with van der Waals surface area (Å²) in [7, 11) is 0. The Morgan fingerprint density at radius 2 is 1.30 bits per heavy atom. The Kier molecular flexibility index (Phi) is 15.1. The molecule has 0 spiro atoms. The highest BCUT2D eigenvalue weighted by atomic mass is 16.7. The molecule has 11 atom stereocenters. The maximum absolute atomic E-state index is 12.1. The van der Waals surface area contributed by atoms with Crippen LogP contribution in [-0.4, -0.2) is 142 Å². The van der Waals surface area contributed by atoms with E-state index in [1.807, 2.05) is 6.92 Å². The van der Waals surface area contributed by atoms with E-state index in [0.717, 1.165) is 12.8 Å². The molecular formula is C25H44O15. The molecule has 15 nitrogen and oxygen atoms in total. The summed E-state index contributed by atoms with van der Waals surface area (Å²) in [4.78, 5) is 24.1. The third-order valence-corrected chi connectivity index (χ3v) is 6.56. The summed E-state index contributed by atoms with van der Waals surface area (Å²) in [5, 5.41) is 70.3. The molecule has 2 fully saturated rings. The van der Waals surface area contributed by atoms with Crippen LogP contribution in [0.3, 0.4) is 0 Å². The lowest BCUT2D eigenvalue weighted by Gasteiger charge is -2.42. The van der Waals surface area contributed by atoms with Gasteiger partial charge in [0.15, 0.2) is 18.7 Å². The van der Waals surface area contributed by atoms with E-state index in [9.17, 15) is 45.3 Å². The number of esters is 2. The van der Waals surface area contributed by atoms with Crippen molar-refractivity contribution < 1.29 is 73.8 Å². The highest BCUT2D eigenvalue weighted by Gasteiger charge is 2.47. The number of aliphatic hydroxyl groups excluding tert-OH is 7. The SMILES string of the molecule is CCCCCC(=O)OC[C@H](CO[C@@H]1O[C@H](CO[C@H]2O[C@H](CO)[C@H](O)[C@H](O)[C@H]2O)[C@H](O)[C@H](O)[C@H]1O)OC(=O)CCC. The van der Waals surface area contributed by atoms with E-state index >= 15 is 0 Å². The van der Waals surface area contributed by atoms with Crippen LogP contribution in [0.5, 0.6) is 0 Å². The van der Waals surface area contributed by atoms with Gasteiger partial charge in [-0.2, -0.15) is 0 Å². The van der Waals surface area contributed by atoms with Crippen LogP contribution in [0.1, 0.15) is 52.4 Å². The van der Waals surface area contributed by atoms with E-state index in [0.29, 0.717) is 12.8 Å². The zero-order valence-electron chi connectivity index (χ0n) is 22.8. The molecule has 2 aliphatic rings. The van der Waals surface area contributed by atoms with Gasteiger partial charge in [0.25, 0.3) is 0 Å². The molecule has 2 aliphatic heterocycles. The molecule has 0 radical (unpaired) electrons. The first-order chi connectivity index (χ1) is 19.0. The lowest BCUT2D eigenvalue weighted by atomic mass is 9.98. The van der Waals surface area contributed by atoms with Gasteiger partial charge < -0.3 is 64.2 Å². The number of hydrogen-bond donors (Lipinski definition) is 7. The van der Waals surface area contributed by atoms with Gasteiger partial charge in [0.1, 0.15) is 55.4 Å². The Labute approximate surface area is 232 Å². The second kappa shape index (κ2) is 17.5. The van der Waals surface area contributed by atoms with Crippen molar-refractivity contribution in [2.45, 2.75) is 120 Å². The summed E-state index contributed by atoms with van der Waals surface area (Å²) in [6.45, 7) is 1.88. The van der Waals surface area contributed by atoms with Crippen LogP contribution < -0.4 is 0 Å². The first kappa shape index (κ1) is 34.7. The fraction of sp³-hybridized carbons (Fsp3) is 0.920. The molecule has 0 aromatic heterocycles. The van der Waals surface area contributed by atoms with Crippen molar-refractivity contribution in [3.63, 3.8) is 0 Å². The third kappa shape index (κ3) is 10.1. The van der Waals surface area contributed by atoms with E-state index in [-0.39, 0.29) is 26.1 Å². The van der Waals surface area contributed by atoms with Gasteiger partial charge in [0, 0.05) is 12.8 Å². The number of hydrogen-bond acceptors (Lipinski definition) is 15. The summed E-state index contributed by atoms with van der Waals surface area (Å²) in [6, 6.07) is 0. The van der Waals surface area contributed by atoms with Crippen LogP contribution in [0.25, 0.3) is 0 Å². The summed E-state index contributed by atoms with van der Waals surface area (Å²) in [6.07, 6.45) is -13.5. The van der Waals surface area contributed by atoms with Crippen LogP contribution >= 0.6 is 0 Å². The molecule has 0 aromatic carbocycles. The molecule has 0 amide bonds. The van der Waals surface area contributed by atoms with Crippen LogP contribution in [0.2, 0.25) is 0 Å². The predicted octanol–water partition coefficient (Wildman–Crippen LogP) is -2.54. The molecule has 234 valence electrons. The van der Waals surface area contributed by atoms with Gasteiger partial charge in [0.05, 0.1) is 19.8 Å². The van der Waals surface area contributed by atoms with Crippen molar-refractivity contribution in [3.05, 3.63) is 0 Å². The largest absolute Gasteiger partial charge is 0.462 e. The first-order valence-electron chi connectivity index (χ1n) is 13.6. The Morgan fingerprint density at radius 3 is 1.90 bits per heavy atom. The predicted molar refractivity (Wildman–Crippen MR) is 132 cm³/mol. The van der Waals surface area contributed by atoms with Gasteiger partial charge in [0.2, 0.25) is 0 Å². The Balaban J connectivity index is 1.98. The number of aliphatic hydroxyl groups is 7. The van der Waals surface area contributed by atoms with E-state index < -0.39 is 92.7 Å². The van der Waals surface area contributed by atoms with Gasteiger partial charge in [-0.25, -0.2) is 0 Å². The van der Waals surface area contributed by atoms with Crippen LogP contribution in [0, 0.1) is 0 Å². The fourth-order valence-corrected chi connectivity index (χ4v) is 4.13. The Bertz CT molecular complexity index is 752. The molecule has 0 saturated carbocycles. The van der Waals surface area contributed by atoms with Crippen molar-refractivity contribution in [2.24, 2.45) is 0 Å². The van der Waals surface area contributed by atoms with Crippen molar-refractivity contribution in [3.8, 4) is 0 Å². The van der Waals surface area contributed by atoms with Crippen LogP contribution in [0.15, 0.2) is 0 Å². The molecule has 15 heteroatoms. The lowest BCUT2D eigenvalue weighted by molar-refractivity contribution is -0.332. The third-order valence-electron chi connectivity index (χ3n) is 6.56. The second-order valence-electron chi connectivity index (χ2n) is 9.88. The zero-order valence-corrected chi connectivity index (χ0v) is 22.8. The summed E-state index contributed by atoms with van der Waals surface area (Å²) in [5.74, 6) is -1.02. The number of carbonyl (C=O) groups is 2. The van der Waals surface area contributed by atoms with E-state index in [1.165, 1.54) is 0 Å². The van der Waals surface area contributed by atoms with Crippen molar-refractivity contribution >= 4 is 11.9 Å². The molecule has 2 rings (SSSR count). The summed E-state index contributed by atoms with van der Waals surface area (Å²) < 4.78 is 32.2. The molecule has 40 heavy (non-hydrogen) atoms. The van der Waals surface area contributed by atoms with Crippen molar-refractivity contribution in [1.29, 1.82) is 0 Å². The second-order valence-corrected chi connectivity index (χ2v) is 9.88. The summed E-state index contributed by atoms with van der Waals surface area (Å²) >= 11 is 0. The smallest absolute Gasteiger partial charge is 0.306 e. The van der Waals surface area contributed by atoms with Gasteiger partial charge in [-0.05, 0) is 12.8 Å². The van der Waals surface area contributed by atoms with Crippen LogP contribution in [0.4, 0.5) is 0 Å². The molecule has 0 bridgehead atoms. The summed E-state index contributed by atoms with van der Waals surface area (Å²) in [5.41, 5.74) is 0. The van der Waals surface area contributed by atoms with Crippen molar-refractivity contribution in [2.75, 3.05) is 26.4 Å². The van der Waals surface area contributed by atoms with Gasteiger partial charge >= 0.3 is 11.9 Å². The maximum Gasteiger partial charge on any atom is 0.306 e. The molecule has 0 aromatic rings. The van der Waals surface area contributed by atoms with Gasteiger partial charge in [-0.3, -0.25) is 9.59 Å². The normalized spacial score (nSPS) is 35.2. The number of ether oxygens (including phenoxy) is 6. The average Bonchev–Trinajstić information content (AvgIpc) is 2.93. The molecule has 2 saturated heterocycles. The highest BCUT2D eigenvalue weighted by Crippen LogP contribution is 2.26. The molecule has 2 heterocycles. The Morgan fingerprint density at radius 1 is 0.700 bits per heavy atom. The minimum atomic E-state index is -1.75. The van der Waals surface area contributed by atoms with Crippen LogP contribution in [-0.2, 0) is 38.0 Å². The van der Waals surface area contributed by atoms with Gasteiger partial charge in [-0.1, -0.05) is 26.7 Å². The van der Waals surface area contributed by atoms with E-state index in [2.05, 4.69) is 0 Å². The number of unbranched alkanes of at least 4 members (excludes halogenated alkanes) is 2. The Hall–Kier alpha value is -1.50. The monoisotopic (exact) mass is 584 g/mol. The molecule has 0 aliphatic carbocycles. The number of carbonyl (C=O) groups excluding carboxylic acids is 2. The topological polar surface area (TPSA) is 231 Å². The first-order valence-corrected chi connectivity index (χ1v) is 13.6. The maximum atomic E-state index is 12.1. The van der Waals surface area contributed by atoms with E-state index in [1.54, 1.807) is 6.92 Å². The average molecular weight is 585 g/mol. The quantitative estimate of drug-likeness (QED) is 0.0732. The van der Waals surface area contributed by atoms with E-state index in [4.69, 9.17) is 28.4 Å². The van der Waals surface area contributed by atoms with Crippen molar-refractivity contribution in [1.82, 2.24) is 0 Å². The van der Waals surface area contributed by atoms with Gasteiger partial charge in [-0.15, -0.1) is 0 Å². The minimum Gasteiger partial charge on any atom is -0.462 e.